The highest BCUT2D eigenvalue weighted by Crippen LogP contribution is 2.10. The van der Waals surface area contributed by atoms with Crippen molar-refractivity contribution in [3.05, 3.63) is 102 Å². The summed E-state index contributed by atoms with van der Waals surface area (Å²) in [5.74, 6) is 0.0144. The van der Waals surface area contributed by atoms with Crippen molar-refractivity contribution in [1.29, 1.82) is 0 Å². The van der Waals surface area contributed by atoms with Crippen LogP contribution in [-0.2, 0) is 17.9 Å². The Hall–Kier alpha value is -3.44. The fraction of sp³-hybridized carbons (Fsp3) is 0.130. The Morgan fingerprint density at radius 2 is 1.39 bits per heavy atom. The van der Waals surface area contributed by atoms with Gasteiger partial charge in [0.1, 0.15) is 5.75 Å². The first-order valence-electron chi connectivity index (χ1n) is 9.10. The predicted molar refractivity (Wildman–Crippen MR) is 111 cm³/mol. The molecule has 3 aromatic rings. The highest BCUT2D eigenvalue weighted by Gasteiger charge is 2.12. The van der Waals surface area contributed by atoms with Crippen LogP contribution in [0.2, 0.25) is 0 Å². The largest absolute Gasteiger partial charge is 0.508 e. The van der Waals surface area contributed by atoms with E-state index in [4.69, 9.17) is 0 Å². The van der Waals surface area contributed by atoms with E-state index in [1.54, 1.807) is 30.5 Å². The van der Waals surface area contributed by atoms with Crippen LogP contribution in [0.4, 0.5) is 0 Å². The smallest absolute Gasteiger partial charge is 0.254 e. The molecule has 0 radical (unpaired) electrons. The molecule has 3 aromatic carbocycles. The minimum atomic E-state index is -0.179. The van der Waals surface area contributed by atoms with E-state index in [9.17, 15) is 9.90 Å². The van der Waals surface area contributed by atoms with Crippen LogP contribution in [0.3, 0.4) is 0 Å². The number of hydrogen-bond donors (Lipinski definition) is 2. The van der Waals surface area contributed by atoms with E-state index in [0.29, 0.717) is 13.1 Å². The summed E-state index contributed by atoms with van der Waals surface area (Å²) in [6.07, 6.45) is 1.55. The monoisotopic (exact) mass is 373 g/mol. The number of carbonyl (C=O) groups is 1. The zero-order valence-corrected chi connectivity index (χ0v) is 15.5. The van der Waals surface area contributed by atoms with Gasteiger partial charge in [-0.15, -0.1) is 0 Å². The van der Waals surface area contributed by atoms with Crippen LogP contribution >= 0.6 is 0 Å². The summed E-state index contributed by atoms with van der Waals surface area (Å²) in [4.78, 5) is 14.5. The molecule has 2 N–H and O–H groups in total. The molecule has 142 valence electrons. The quantitative estimate of drug-likeness (QED) is 0.469. The molecule has 0 fully saturated rings. The molecule has 1 amide bonds. The number of hydrogen-bond acceptors (Lipinski definition) is 4. The van der Waals surface area contributed by atoms with Crippen LogP contribution in [-0.4, -0.2) is 28.7 Å². The molecule has 0 saturated heterocycles. The molecule has 5 nitrogen and oxygen atoms in total. The van der Waals surface area contributed by atoms with Gasteiger partial charge >= 0.3 is 0 Å². The van der Waals surface area contributed by atoms with Gasteiger partial charge in [0.2, 0.25) is 0 Å². The van der Waals surface area contributed by atoms with Crippen LogP contribution in [0.15, 0.2) is 90.0 Å². The summed E-state index contributed by atoms with van der Waals surface area (Å²) in [6.45, 7) is 1.58. The third kappa shape index (κ3) is 6.37. The number of nitrogens with one attached hydrogen (secondary N) is 1. The molecule has 0 unspecified atom stereocenters. The third-order valence-corrected chi connectivity index (χ3v) is 4.16. The second kappa shape index (κ2) is 10.0. The van der Waals surface area contributed by atoms with Gasteiger partial charge in [-0.05, 0) is 41.0 Å². The lowest BCUT2D eigenvalue weighted by atomic mass is 10.1. The minimum absolute atomic E-state index is 0.179. The number of phenolic OH excluding ortho intramolecular Hbond substituents is 1. The molecule has 0 saturated carbocycles. The van der Waals surface area contributed by atoms with E-state index in [1.165, 1.54) is 0 Å². The molecule has 0 spiro atoms. The predicted octanol–water partition coefficient (Wildman–Crippen LogP) is 3.54. The third-order valence-electron chi connectivity index (χ3n) is 4.16. The van der Waals surface area contributed by atoms with Crippen molar-refractivity contribution in [2.24, 2.45) is 5.10 Å². The van der Waals surface area contributed by atoms with Gasteiger partial charge in [0.05, 0.1) is 12.8 Å². The number of rotatable bonds is 8. The SMILES string of the molecule is O=C(CN(Cc1ccccc1)Cc1ccccc1)N/N=C\c1ccc(O)cc1. The minimum Gasteiger partial charge on any atom is -0.508 e. The molecule has 28 heavy (non-hydrogen) atoms. The van der Waals surface area contributed by atoms with Crippen molar-refractivity contribution in [3.8, 4) is 5.75 Å². The van der Waals surface area contributed by atoms with E-state index in [2.05, 4.69) is 39.7 Å². The second-order valence-corrected chi connectivity index (χ2v) is 6.50. The molecule has 0 aliphatic heterocycles. The van der Waals surface area contributed by atoms with Crippen LogP contribution in [0.5, 0.6) is 5.75 Å². The molecule has 0 aromatic heterocycles. The molecule has 0 atom stereocenters. The molecular weight excluding hydrogens is 350 g/mol. The summed E-state index contributed by atoms with van der Waals surface area (Å²) >= 11 is 0. The molecular formula is C23H23N3O2. The standard InChI is InChI=1S/C23H23N3O2/c27-22-13-11-19(12-14-22)15-24-25-23(28)18-26(16-20-7-3-1-4-8-20)17-21-9-5-2-6-10-21/h1-15,27H,16-18H2,(H,25,28)/b24-15-. The van der Waals surface area contributed by atoms with Crippen molar-refractivity contribution in [1.82, 2.24) is 10.3 Å². The maximum absolute atomic E-state index is 12.4. The van der Waals surface area contributed by atoms with Crippen LogP contribution in [0.25, 0.3) is 0 Å². The normalized spacial score (nSPS) is 11.0. The van der Waals surface area contributed by atoms with Gasteiger partial charge in [-0.1, -0.05) is 60.7 Å². The number of nitrogens with zero attached hydrogens (tertiary/aromatic N) is 2. The van der Waals surface area contributed by atoms with E-state index < -0.39 is 0 Å². The Morgan fingerprint density at radius 3 is 1.93 bits per heavy atom. The van der Waals surface area contributed by atoms with Gasteiger partial charge in [-0.2, -0.15) is 5.10 Å². The van der Waals surface area contributed by atoms with E-state index in [0.717, 1.165) is 16.7 Å². The van der Waals surface area contributed by atoms with Gasteiger partial charge < -0.3 is 5.11 Å². The number of aromatic hydroxyl groups is 1. The Morgan fingerprint density at radius 1 is 0.857 bits per heavy atom. The Bertz CT molecular complexity index is 853. The van der Waals surface area contributed by atoms with Crippen molar-refractivity contribution in [2.45, 2.75) is 13.1 Å². The van der Waals surface area contributed by atoms with E-state index in [-0.39, 0.29) is 18.2 Å². The fourth-order valence-corrected chi connectivity index (χ4v) is 2.83. The molecule has 0 aliphatic carbocycles. The van der Waals surface area contributed by atoms with E-state index >= 15 is 0 Å². The van der Waals surface area contributed by atoms with Gasteiger partial charge in [0.25, 0.3) is 5.91 Å². The highest BCUT2D eigenvalue weighted by atomic mass is 16.3. The first kappa shape index (κ1) is 19.3. The second-order valence-electron chi connectivity index (χ2n) is 6.50. The van der Waals surface area contributed by atoms with Gasteiger partial charge in [0.15, 0.2) is 0 Å². The van der Waals surface area contributed by atoms with Crippen molar-refractivity contribution < 1.29 is 9.90 Å². The summed E-state index contributed by atoms with van der Waals surface area (Å²) in [7, 11) is 0. The lowest BCUT2D eigenvalue weighted by molar-refractivity contribution is -0.122. The maximum Gasteiger partial charge on any atom is 0.254 e. The Labute approximate surface area is 165 Å². The number of amides is 1. The zero-order chi connectivity index (χ0) is 19.6. The highest BCUT2D eigenvalue weighted by molar-refractivity contribution is 5.83. The summed E-state index contributed by atoms with van der Waals surface area (Å²) in [5, 5.41) is 13.3. The van der Waals surface area contributed by atoms with Gasteiger partial charge in [-0.3, -0.25) is 9.69 Å². The molecule has 3 rings (SSSR count). The average Bonchev–Trinajstić information content (AvgIpc) is 2.71. The van der Waals surface area contributed by atoms with Crippen molar-refractivity contribution in [3.63, 3.8) is 0 Å². The Kier molecular flexibility index (Phi) is 6.93. The average molecular weight is 373 g/mol. The number of phenols is 1. The number of benzene rings is 3. The molecule has 0 aliphatic rings. The van der Waals surface area contributed by atoms with Crippen LogP contribution < -0.4 is 5.43 Å². The Balaban J connectivity index is 1.60. The van der Waals surface area contributed by atoms with Crippen molar-refractivity contribution in [2.75, 3.05) is 6.54 Å². The first-order valence-corrected chi connectivity index (χ1v) is 9.10. The summed E-state index contributed by atoms with van der Waals surface area (Å²) in [6, 6.07) is 26.8. The lowest BCUT2D eigenvalue weighted by Crippen LogP contribution is -2.34. The zero-order valence-electron chi connectivity index (χ0n) is 15.5. The molecule has 0 heterocycles. The lowest BCUT2D eigenvalue weighted by Gasteiger charge is -2.21. The number of carbonyl (C=O) groups excluding carboxylic acids is 1. The fourth-order valence-electron chi connectivity index (χ4n) is 2.83. The molecule has 0 bridgehead atoms. The number of hydrazone groups is 1. The summed E-state index contributed by atoms with van der Waals surface area (Å²) < 4.78 is 0. The van der Waals surface area contributed by atoms with E-state index in [1.807, 2.05) is 36.4 Å². The summed E-state index contributed by atoms with van der Waals surface area (Å²) in [5.41, 5.74) is 5.67. The van der Waals surface area contributed by atoms with Gasteiger partial charge in [0, 0.05) is 13.1 Å². The first-order chi connectivity index (χ1) is 13.7. The maximum atomic E-state index is 12.4. The molecule has 5 heteroatoms. The van der Waals surface area contributed by atoms with Crippen molar-refractivity contribution >= 4 is 12.1 Å². The van der Waals surface area contributed by atoms with Crippen LogP contribution in [0, 0.1) is 0 Å². The van der Waals surface area contributed by atoms with Gasteiger partial charge in [-0.25, -0.2) is 5.43 Å². The topological polar surface area (TPSA) is 64.9 Å². The van der Waals surface area contributed by atoms with Crippen LogP contribution in [0.1, 0.15) is 16.7 Å².